The Morgan fingerprint density at radius 1 is 1.42 bits per heavy atom. The van der Waals surface area contributed by atoms with Crippen LogP contribution in [0.25, 0.3) is 0 Å². The highest BCUT2D eigenvalue weighted by molar-refractivity contribution is 4.89. The van der Waals surface area contributed by atoms with Crippen LogP contribution in [0.5, 0.6) is 0 Å². The Labute approximate surface area is 75.9 Å². The minimum absolute atomic E-state index is 0.385. The molecular formula is C10H20N2. The first-order chi connectivity index (χ1) is 5.79. The van der Waals surface area contributed by atoms with E-state index in [0.29, 0.717) is 25.0 Å². The van der Waals surface area contributed by atoms with Crippen molar-refractivity contribution in [2.45, 2.75) is 32.7 Å². The van der Waals surface area contributed by atoms with Gasteiger partial charge in [0.15, 0.2) is 0 Å². The van der Waals surface area contributed by atoms with Crippen LogP contribution < -0.4 is 11.1 Å². The van der Waals surface area contributed by atoms with Crippen molar-refractivity contribution in [3.05, 3.63) is 0 Å². The minimum atomic E-state index is 0.385. The topological polar surface area (TPSA) is 38.0 Å². The van der Waals surface area contributed by atoms with Crippen molar-refractivity contribution in [2.75, 3.05) is 13.1 Å². The molecule has 0 aromatic carbocycles. The number of nitrogens with two attached hydrogens (primary N) is 1. The van der Waals surface area contributed by atoms with Crippen LogP contribution in [0.15, 0.2) is 0 Å². The third kappa shape index (κ3) is 3.75. The van der Waals surface area contributed by atoms with Gasteiger partial charge < -0.3 is 11.1 Å². The molecule has 70 valence electrons. The number of hydrogen-bond donors (Lipinski definition) is 2. The van der Waals surface area contributed by atoms with Crippen LogP contribution in [0.4, 0.5) is 0 Å². The maximum absolute atomic E-state index is 5.63. The van der Waals surface area contributed by atoms with Crippen molar-refractivity contribution < 1.29 is 0 Å². The molecule has 0 heterocycles. The molecule has 0 aliphatic rings. The fraction of sp³-hybridized carbons (Fsp3) is 0.800. The SMILES string of the molecule is C#CCNC(CN)C(CC)CC. The maximum atomic E-state index is 5.63. The summed E-state index contributed by atoms with van der Waals surface area (Å²) < 4.78 is 0. The Balaban J connectivity index is 3.85. The predicted molar refractivity (Wildman–Crippen MR) is 53.8 cm³/mol. The molecule has 2 nitrogen and oxygen atoms in total. The molecule has 1 atom stereocenters. The molecule has 0 aromatic heterocycles. The van der Waals surface area contributed by atoms with Gasteiger partial charge in [-0.05, 0) is 5.92 Å². The Morgan fingerprint density at radius 2 is 2.00 bits per heavy atom. The van der Waals surface area contributed by atoms with E-state index in [1.807, 2.05) is 0 Å². The largest absolute Gasteiger partial charge is 0.329 e. The summed E-state index contributed by atoms with van der Waals surface area (Å²) >= 11 is 0. The Morgan fingerprint density at radius 3 is 2.33 bits per heavy atom. The van der Waals surface area contributed by atoms with E-state index < -0.39 is 0 Å². The second-order valence-electron chi connectivity index (χ2n) is 3.00. The van der Waals surface area contributed by atoms with Gasteiger partial charge in [0.2, 0.25) is 0 Å². The summed E-state index contributed by atoms with van der Waals surface area (Å²) in [4.78, 5) is 0. The first-order valence-corrected chi connectivity index (χ1v) is 4.66. The standard InChI is InChI=1S/C10H20N2/c1-4-7-12-10(8-11)9(5-2)6-3/h1,9-10,12H,5-8,11H2,2-3H3. The summed E-state index contributed by atoms with van der Waals surface area (Å²) in [5, 5.41) is 3.26. The fourth-order valence-corrected chi connectivity index (χ4v) is 1.49. The molecule has 3 N–H and O–H groups in total. The van der Waals surface area contributed by atoms with Crippen molar-refractivity contribution in [1.82, 2.24) is 5.32 Å². The molecule has 0 fully saturated rings. The summed E-state index contributed by atoms with van der Waals surface area (Å²) in [5.74, 6) is 3.22. The predicted octanol–water partition coefficient (Wildman–Crippen LogP) is 0.973. The number of terminal acetylenes is 1. The van der Waals surface area contributed by atoms with Crippen molar-refractivity contribution in [1.29, 1.82) is 0 Å². The molecular weight excluding hydrogens is 148 g/mol. The van der Waals surface area contributed by atoms with Crippen molar-refractivity contribution in [3.63, 3.8) is 0 Å². The molecule has 0 aliphatic carbocycles. The molecule has 0 bridgehead atoms. The van der Waals surface area contributed by atoms with E-state index in [4.69, 9.17) is 12.2 Å². The summed E-state index contributed by atoms with van der Waals surface area (Å²) in [6.07, 6.45) is 7.49. The van der Waals surface area contributed by atoms with E-state index in [1.165, 1.54) is 0 Å². The van der Waals surface area contributed by atoms with E-state index >= 15 is 0 Å². The zero-order chi connectivity index (χ0) is 9.40. The molecule has 0 saturated heterocycles. The fourth-order valence-electron chi connectivity index (χ4n) is 1.49. The highest BCUT2D eigenvalue weighted by atomic mass is 14.9. The van der Waals surface area contributed by atoms with E-state index in [9.17, 15) is 0 Å². The average molecular weight is 168 g/mol. The quantitative estimate of drug-likeness (QED) is 0.580. The highest BCUT2D eigenvalue weighted by Gasteiger charge is 2.14. The number of rotatable bonds is 6. The lowest BCUT2D eigenvalue weighted by Crippen LogP contribution is -2.42. The van der Waals surface area contributed by atoms with Crippen LogP contribution in [0, 0.1) is 18.3 Å². The van der Waals surface area contributed by atoms with E-state index in [2.05, 4.69) is 25.1 Å². The Bertz CT molecular complexity index is 133. The molecule has 1 unspecified atom stereocenters. The van der Waals surface area contributed by atoms with E-state index in [1.54, 1.807) is 0 Å². The Kier molecular flexibility index (Phi) is 6.84. The van der Waals surface area contributed by atoms with Crippen LogP contribution in [-0.2, 0) is 0 Å². The molecule has 0 aromatic rings. The zero-order valence-corrected chi connectivity index (χ0v) is 8.14. The summed E-state index contributed by atoms with van der Waals surface area (Å²) in [5.41, 5.74) is 5.63. The first kappa shape index (κ1) is 11.5. The van der Waals surface area contributed by atoms with Gasteiger partial charge in [0.25, 0.3) is 0 Å². The molecule has 0 spiro atoms. The zero-order valence-electron chi connectivity index (χ0n) is 8.14. The monoisotopic (exact) mass is 168 g/mol. The van der Waals surface area contributed by atoms with Crippen LogP contribution in [0.1, 0.15) is 26.7 Å². The smallest absolute Gasteiger partial charge is 0.0576 e. The van der Waals surface area contributed by atoms with E-state index in [-0.39, 0.29) is 0 Å². The summed E-state index contributed by atoms with van der Waals surface area (Å²) in [6.45, 7) is 5.68. The van der Waals surface area contributed by atoms with Crippen LogP contribution in [0.3, 0.4) is 0 Å². The first-order valence-electron chi connectivity index (χ1n) is 4.66. The van der Waals surface area contributed by atoms with Crippen LogP contribution >= 0.6 is 0 Å². The Hall–Kier alpha value is -0.520. The third-order valence-electron chi connectivity index (χ3n) is 2.34. The minimum Gasteiger partial charge on any atom is -0.329 e. The van der Waals surface area contributed by atoms with Crippen LogP contribution in [0.2, 0.25) is 0 Å². The van der Waals surface area contributed by atoms with Crippen molar-refractivity contribution in [3.8, 4) is 12.3 Å². The number of hydrogen-bond acceptors (Lipinski definition) is 2. The second-order valence-corrected chi connectivity index (χ2v) is 3.00. The van der Waals surface area contributed by atoms with Gasteiger partial charge in [-0.15, -0.1) is 6.42 Å². The number of nitrogens with one attached hydrogen (secondary N) is 1. The molecule has 0 radical (unpaired) electrons. The van der Waals surface area contributed by atoms with Gasteiger partial charge >= 0.3 is 0 Å². The molecule has 0 saturated carbocycles. The highest BCUT2D eigenvalue weighted by Crippen LogP contribution is 2.11. The van der Waals surface area contributed by atoms with Crippen molar-refractivity contribution in [2.24, 2.45) is 11.7 Å². The van der Waals surface area contributed by atoms with Gasteiger partial charge in [-0.3, -0.25) is 0 Å². The lowest BCUT2D eigenvalue weighted by Gasteiger charge is -2.24. The van der Waals surface area contributed by atoms with Gasteiger partial charge in [-0.25, -0.2) is 0 Å². The molecule has 2 heteroatoms. The van der Waals surface area contributed by atoms with Gasteiger partial charge in [-0.2, -0.15) is 0 Å². The lowest BCUT2D eigenvalue weighted by atomic mass is 9.94. The normalized spacial score (nSPS) is 12.9. The van der Waals surface area contributed by atoms with Gasteiger partial charge in [0.05, 0.1) is 6.54 Å². The van der Waals surface area contributed by atoms with Gasteiger partial charge in [0.1, 0.15) is 0 Å². The molecule has 0 amide bonds. The van der Waals surface area contributed by atoms with Gasteiger partial charge in [-0.1, -0.05) is 32.6 Å². The average Bonchev–Trinajstić information content (AvgIpc) is 2.12. The third-order valence-corrected chi connectivity index (χ3v) is 2.34. The second kappa shape index (κ2) is 7.15. The van der Waals surface area contributed by atoms with Crippen molar-refractivity contribution >= 4 is 0 Å². The van der Waals surface area contributed by atoms with E-state index in [0.717, 1.165) is 12.8 Å². The molecule has 12 heavy (non-hydrogen) atoms. The van der Waals surface area contributed by atoms with Gasteiger partial charge in [0, 0.05) is 12.6 Å². The molecule has 0 aliphatic heterocycles. The lowest BCUT2D eigenvalue weighted by molar-refractivity contribution is 0.350. The maximum Gasteiger partial charge on any atom is 0.0576 e. The summed E-state index contributed by atoms with van der Waals surface area (Å²) in [6, 6.07) is 0.385. The molecule has 0 rings (SSSR count). The van der Waals surface area contributed by atoms with Crippen LogP contribution in [-0.4, -0.2) is 19.1 Å². The summed E-state index contributed by atoms with van der Waals surface area (Å²) in [7, 11) is 0.